The number of allylic oxidation sites excluding steroid dienone is 5. The maximum Gasteiger partial charge on any atom is 0.410 e. The maximum atomic E-state index is 12.4. The minimum absolute atomic E-state index is 0.222. The molecule has 1 aliphatic heterocycles. The highest BCUT2D eigenvalue weighted by Gasteiger charge is 2.27. The minimum atomic E-state index is -0.464. The van der Waals surface area contributed by atoms with Crippen LogP contribution in [0.3, 0.4) is 0 Å². The molecule has 6 heteroatoms. The SMILES string of the molecule is CCCCCCC.CCCc1cccc(Cl)c1.C\C=C(C(/C(C)=N/C=C/CC)=C(/C)N1CCN(C(=O)OC(C)(C)C)CC1)\C(C)CC. The first kappa shape index (κ1) is 44.5. The highest BCUT2D eigenvalue weighted by atomic mass is 35.5. The van der Waals surface area contributed by atoms with E-state index in [4.69, 9.17) is 21.3 Å². The molecule has 1 atom stereocenters. The number of benzene rings is 1. The molecule has 5 nitrogen and oxygen atoms in total. The molecule has 1 aromatic carbocycles. The van der Waals surface area contributed by atoms with Crippen molar-refractivity contribution in [2.45, 2.75) is 146 Å². The Hall–Kier alpha value is -2.53. The molecule has 0 saturated carbocycles. The maximum absolute atomic E-state index is 12.4. The number of unbranched alkanes of at least 4 members (excludes halogenated alkanes) is 4. The van der Waals surface area contributed by atoms with Gasteiger partial charge in [-0.15, -0.1) is 0 Å². The van der Waals surface area contributed by atoms with Gasteiger partial charge in [0.1, 0.15) is 5.60 Å². The Morgan fingerprint density at radius 1 is 0.957 bits per heavy atom. The van der Waals surface area contributed by atoms with Crippen molar-refractivity contribution >= 4 is 23.4 Å². The van der Waals surface area contributed by atoms with Gasteiger partial charge in [0.15, 0.2) is 0 Å². The monoisotopic (exact) mass is 672 g/mol. The van der Waals surface area contributed by atoms with Crippen LogP contribution < -0.4 is 0 Å². The van der Waals surface area contributed by atoms with Crippen LogP contribution in [0, 0.1) is 5.92 Å². The van der Waals surface area contributed by atoms with Gasteiger partial charge in [-0.2, -0.15) is 0 Å². The Kier molecular flexibility index (Phi) is 24.1. The van der Waals surface area contributed by atoms with Gasteiger partial charge in [-0.3, -0.25) is 4.99 Å². The quantitative estimate of drug-likeness (QED) is 0.119. The summed E-state index contributed by atoms with van der Waals surface area (Å²) in [5.41, 5.74) is 5.72. The van der Waals surface area contributed by atoms with Gasteiger partial charge in [0.05, 0.1) is 0 Å². The zero-order chi connectivity index (χ0) is 35.8. The van der Waals surface area contributed by atoms with Crippen LogP contribution in [0.1, 0.15) is 140 Å². The second kappa shape index (κ2) is 25.5. The number of halogens is 1. The Labute approximate surface area is 295 Å². The first-order chi connectivity index (χ1) is 22.3. The molecule has 2 rings (SSSR count). The molecule has 1 saturated heterocycles. The van der Waals surface area contributed by atoms with Crippen LogP contribution in [-0.4, -0.2) is 53.4 Å². The van der Waals surface area contributed by atoms with Crippen LogP contribution >= 0.6 is 11.6 Å². The lowest BCUT2D eigenvalue weighted by atomic mass is 9.87. The number of carbonyl (C=O) groups excluding carboxylic acids is 1. The molecule has 268 valence electrons. The average Bonchev–Trinajstić information content (AvgIpc) is 3.03. The van der Waals surface area contributed by atoms with Gasteiger partial charge in [-0.25, -0.2) is 4.79 Å². The summed E-state index contributed by atoms with van der Waals surface area (Å²) in [5, 5.41) is 0.839. The van der Waals surface area contributed by atoms with E-state index in [1.165, 1.54) is 60.9 Å². The zero-order valence-electron chi connectivity index (χ0n) is 32.3. The zero-order valence-corrected chi connectivity index (χ0v) is 33.1. The molecule has 1 aliphatic rings. The number of aryl methyl sites for hydroxylation is 1. The third kappa shape index (κ3) is 19.2. The third-order valence-electron chi connectivity index (χ3n) is 8.12. The van der Waals surface area contributed by atoms with Crippen LogP contribution in [0.2, 0.25) is 5.02 Å². The number of hydrogen-bond donors (Lipinski definition) is 0. The van der Waals surface area contributed by atoms with E-state index in [1.807, 2.05) is 50.1 Å². The fourth-order valence-electron chi connectivity index (χ4n) is 5.28. The summed E-state index contributed by atoms with van der Waals surface area (Å²) < 4.78 is 5.54. The lowest BCUT2D eigenvalue weighted by Crippen LogP contribution is -2.49. The van der Waals surface area contributed by atoms with Crippen molar-refractivity contribution in [3.05, 3.63) is 70.0 Å². The number of nitrogens with zero attached hydrogens (tertiary/aromatic N) is 3. The standard InChI is InChI=1S/C25H43N3O2.C9H11Cl.C7H16/c1-10-13-14-26-20(5)23(22(12-3)19(4)11-2)21(6)27-15-17-28(18-16-27)24(29)30-25(7,8)9;1-2-4-8-5-3-6-9(10)7-8;1-3-5-7-6-4-2/h12-14,19H,10-11,15-18H2,1-9H3;3,5-7H,2,4H2,1H3;3-7H2,1-2H3/b14-13+,22-12-,23-21-,26-20+;;. The van der Waals surface area contributed by atoms with E-state index in [2.05, 4.69) is 85.4 Å². The molecule has 0 aliphatic carbocycles. The average molecular weight is 672 g/mol. The summed E-state index contributed by atoms with van der Waals surface area (Å²) in [6.07, 6.45) is 17.4. The van der Waals surface area contributed by atoms with Crippen molar-refractivity contribution in [1.29, 1.82) is 0 Å². The Bertz CT molecular complexity index is 1120. The number of carbonyl (C=O) groups is 1. The number of piperazine rings is 1. The second-order valence-corrected chi connectivity index (χ2v) is 13.9. The summed E-state index contributed by atoms with van der Waals surface area (Å²) in [6.45, 7) is 28.3. The molecular weight excluding hydrogens is 602 g/mol. The van der Waals surface area contributed by atoms with Crippen LogP contribution in [0.15, 0.2) is 64.5 Å². The highest BCUT2D eigenvalue weighted by Crippen LogP contribution is 2.29. The minimum Gasteiger partial charge on any atom is -0.444 e. The van der Waals surface area contributed by atoms with Gasteiger partial charge in [0.25, 0.3) is 0 Å². The van der Waals surface area contributed by atoms with Crippen molar-refractivity contribution in [1.82, 2.24) is 9.80 Å². The molecule has 47 heavy (non-hydrogen) atoms. The van der Waals surface area contributed by atoms with E-state index in [1.54, 1.807) is 0 Å². The van der Waals surface area contributed by atoms with Crippen LogP contribution in [-0.2, 0) is 11.2 Å². The fourth-order valence-corrected chi connectivity index (χ4v) is 5.49. The van der Waals surface area contributed by atoms with Gasteiger partial charge in [0, 0.05) is 54.4 Å². The smallest absolute Gasteiger partial charge is 0.410 e. The van der Waals surface area contributed by atoms with Gasteiger partial charge >= 0.3 is 6.09 Å². The number of hydrogen-bond acceptors (Lipinski definition) is 4. The van der Waals surface area contributed by atoms with E-state index in [-0.39, 0.29) is 6.09 Å². The first-order valence-corrected chi connectivity index (χ1v) is 18.7. The number of ether oxygens (including phenoxy) is 1. The molecule has 1 amide bonds. The van der Waals surface area contributed by atoms with Crippen molar-refractivity contribution in [2.75, 3.05) is 26.2 Å². The molecule has 0 N–H and O–H groups in total. The van der Waals surface area contributed by atoms with Crippen molar-refractivity contribution < 1.29 is 9.53 Å². The molecule has 1 aromatic rings. The van der Waals surface area contributed by atoms with E-state index in [0.29, 0.717) is 19.0 Å². The largest absolute Gasteiger partial charge is 0.444 e. The fraction of sp³-hybridized carbons (Fsp3) is 0.659. The molecule has 0 aromatic heterocycles. The molecule has 0 radical (unpaired) electrons. The van der Waals surface area contributed by atoms with Gasteiger partial charge in [-0.1, -0.05) is 116 Å². The Morgan fingerprint density at radius 2 is 1.55 bits per heavy atom. The van der Waals surface area contributed by atoms with Gasteiger partial charge < -0.3 is 14.5 Å². The topological polar surface area (TPSA) is 45.1 Å². The molecule has 1 unspecified atom stereocenters. The Morgan fingerprint density at radius 3 is 2.02 bits per heavy atom. The molecular formula is C41H70ClN3O2. The van der Waals surface area contributed by atoms with E-state index in [9.17, 15) is 4.79 Å². The van der Waals surface area contributed by atoms with Crippen molar-refractivity contribution in [3.63, 3.8) is 0 Å². The number of aliphatic imine (C=N–C) groups is 1. The van der Waals surface area contributed by atoms with Crippen LogP contribution in [0.5, 0.6) is 0 Å². The normalized spacial score (nSPS) is 15.3. The van der Waals surface area contributed by atoms with Gasteiger partial charge in [-0.05, 0) is 90.0 Å². The summed E-state index contributed by atoms with van der Waals surface area (Å²) in [5.74, 6) is 0.461. The number of amides is 1. The predicted molar refractivity (Wildman–Crippen MR) is 208 cm³/mol. The number of rotatable bonds is 13. The van der Waals surface area contributed by atoms with Crippen LogP contribution in [0.25, 0.3) is 0 Å². The molecule has 1 heterocycles. The summed E-state index contributed by atoms with van der Waals surface area (Å²) in [6, 6.07) is 8.02. The summed E-state index contributed by atoms with van der Waals surface area (Å²) in [4.78, 5) is 21.3. The lowest BCUT2D eigenvalue weighted by Gasteiger charge is -2.38. The van der Waals surface area contributed by atoms with E-state index < -0.39 is 5.60 Å². The molecule has 0 spiro atoms. The first-order valence-electron chi connectivity index (χ1n) is 18.3. The lowest BCUT2D eigenvalue weighted by molar-refractivity contribution is 0.0168. The second-order valence-electron chi connectivity index (χ2n) is 13.4. The highest BCUT2D eigenvalue weighted by molar-refractivity contribution is 6.30. The van der Waals surface area contributed by atoms with E-state index in [0.717, 1.165) is 43.1 Å². The Balaban J connectivity index is 0.00000101. The summed E-state index contributed by atoms with van der Waals surface area (Å²) in [7, 11) is 0. The third-order valence-corrected chi connectivity index (χ3v) is 8.35. The van der Waals surface area contributed by atoms with Gasteiger partial charge in [0.2, 0.25) is 0 Å². The predicted octanol–water partition coefficient (Wildman–Crippen LogP) is 12.5. The molecule has 0 bridgehead atoms. The summed E-state index contributed by atoms with van der Waals surface area (Å²) >= 11 is 5.78. The molecule has 1 fully saturated rings. The van der Waals surface area contributed by atoms with Crippen LogP contribution in [0.4, 0.5) is 4.79 Å². The van der Waals surface area contributed by atoms with Crippen molar-refractivity contribution in [2.24, 2.45) is 10.9 Å². The van der Waals surface area contributed by atoms with E-state index >= 15 is 0 Å². The van der Waals surface area contributed by atoms with Crippen molar-refractivity contribution in [3.8, 4) is 0 Å².